The topological polar surface area (TPSA) is 23.5 Å². The molecule has 1 aliphatic heterocycles. The minimum absolute atomic E-state index is 0.0816. The van der Waals surface area contributed by atoms with E-state index in [-0.39, 0.29) is 6.61 Å². The molecule has 1 aromatic heterocycles. The molecule has 102 valence electrons. The molecular weight excluding hydrogens is 266 g/mol. The molecule has 20 heavy (non-hydrogen) atoms. The second-order valence-corrected chi connectivity index (χ2v) is 6.07. The Labute approximate surface area is 123 Å². The van der Waals surface area contributed by atoms with Gasteiger partial charge in [0.2, 0.25) is 0 Å². The lowest BCUT2D eigenvalue weighted by Crippen LogP contribution is -2.28. The van der Waals surface area contributed by atoms with Crippen LogP contribution in [0.1, 0.15) is 22.9 Å². The van der Waals surface area contributed by atoms with E-state index in [9.17, 15) is 0 Å². The number of anilines is 1. The van der Waals surface area contributed by atoms with Gasteiger partial charge in [-0.2, -0.15) is 0 Å². The number of hydrogen-bond donors (Lipinski definition) is 1. The van der Waals surface area contributed by atoms with Crippen molar-refractivity contribution in [3.8, 4) is 11.8 Å². The van der Waals surface area contributed by atoms with E-state index in [0.717, 1.165) is 18.5 Å². The molecule has 2 aromatic rings. The highest BCUT2D eigenvalue weighted by Crippen LogP contribution is 2.33. The maximum atomic E-state index is 8.73. The normalized spacial score (nSPS) is 16.7. The van der Waals surface area contributed by atoms with Crippen LogP contribution in [-0.4, -0.2) is 17.8 Å². The van der Waals surface area contributed by atoms with Crippen molar-refractivity contribution in [3.05, 3.63) is 51.7 Å². The van der Waals surface area contributed by atoms with Crippen LogP contribution < -0.4 is 4.90 Å². The van der Waals surface area contributed by atoms with E-state index in [0.29, 0.717) is 6.04 Å². The highest BCUT2D eigenvalue weighted by Gasteiger charge is 2.25. The van der Waals surface area contributed by atoms with Crippen LogP contribution >= 0.6 is 11.3 Å². The second kappa shape index (κ2) is 5.70. The number of thiophene rings is 1. The first-order valence-electron chi connectivity index (χ1n) is 6.79. The van der Waals surface area contributed by atoms with Crippen molar-refractivity contribution >= 4 is 17.0 Å². The van der Waals surface area contributed by atoms with E-state index in [2.05, 4.69) is 59.4 Å². The Bertz CT molecular complexity index is 665. The van der Waals surface area contributed by atoms with Gasteiger partial charge in [0.25, 0.3) is 0 Å². The summed E-state index contributed by atoms with van der Waals surface area (Å²) in [6.07, 6.45) is 1.12. The van der Waals surface area contributed by atoms with E-state index in [1.54, 1.807) is 11.3 Å². The Kier molecular flexibility index (Phi) is 3.77. The fraction of sp³-hybridized carbons (Fsp3) is 0.294. The van der Waals surface area contributed by atoms with Crippen LogP contribution in [0.5, 0.6) is 0 Å². The van der Waals surface area contributed by atoms with Crippen LogP contribution in [0.3, 0.4) is 0 Å². The standard InChI is InChI=1S/C17H17NOS/c1-13-9-15-6-2-3-7-17(15)18(13)11-16-10-14(12-20-16)5-4-8-19/h2-3,6-7,10,12-13,19H,8-9,11H2,1H3. The minimum atomic E-state index is -0.0816. The van der Waals surface area contributed by atoms with Crippen LogP contribution in [0.15, 0.2) is 35.7 Å². The summed E-state index contributed by atoms with van der Waals surface area (Å²) in [4.78, 5) is 3.78. The second-order valence-electron chi connectivity index (χ2n) is 5.07. The summed E-state index contributed by atoms with van der Waals surface area (Å²) in [7, 11) is 0. The van der Waals surface area contributed by atoms with E-state index in [1.807, 2.05) is 0 Å². The highest BCUT2D eigenvalue weighted by molar-refractivity contribution is 7.10. The molecule has 1 atom stereocenters. The lowest BCUT2D eigenvalue weighted by atomic mass is 10.1. The molecule has 0 amide bonds. The van der Waals surface area contributed by atoms with Gasteiger partial charge in [-0.05, 0) is 31.0 Å². The summed E-state index contributed by atoms with van der Waals surface area (Å²) >= 11 is 1.74. The van der Waals surface area contributed by atoms with Crippen LogP contribution in [0.2, 0.25) is 0 Å². The molecule has 0 spiro atoms. The van der Waals surface area contributed by atoms with Gasteiger partial charge in [-0.1, -0.05) is 30.0 Å². The third-order valence-corrected chi connectivity index (χ3v) is 4.56. The molecule has 0 bridgehead atoms. The smallest absolute Gasteiger partial charge is 0.104 e. The van der Waals surface area contributed by atoms with E-state index >= 15 is 0 Å². The zero-order chi connectivity index (χ0) is 13.9. The minimum Gasteiger partial charge on any atom is -0.384 e. The highest BCUT2D eigenvalue weighted by atomic mass is 32.1. The number of nitrogens with zero attached hydrogens (tertiary/aromatic N) is 1. The Balaban J connectivity index is 1.79. The van der Waals surface area contributed by atoms with Crippen LogP contribution in [0, 0.1) is 11.8 Å². The fourth-order valence-electron chi connectivity index (χ4n) is 2.71. The van der Waals surface area contributed by atoms with Crippen molar-refractivity contribution in [2.45, 2.75) is 25.9 Å². The summed E-state index contributed by atoms with van der Waals surface area (Å²) in [6.45, 7) is 3.13. The largest absolute Gasteiger partial charge is 0.384 e. The SMILES string of the molecule is CC1Cc2ccccc2N1Cc1cc(C#CCO)cs1. The number of para-hydroxylation sites is 1. The van der Waals surface area contributed by atoms with Gasteiger partial charge in [-0.3, -0.25) is 0 Å². The van der Waals surface area contributed by atoms with E-state index < -0.39 is 0 Å². The summed E-state index contributed by atoms with van der Waals surface area (Å²) in [6, 6.07) is 11.3. The number of aliphatic hydroxyl groups is 1. The molecule has 1 unspecified atom stereocenters. The predicted octanol–water partition coefficient (Wildman–Crippen LogP) is 3.04. The first-order valence-corrected chi connectivity index (χ1v) is 7.67. The van der Waals surface area contributed by atoms with Crippen molar-refractivity contribution in [3.63, 3.8) is 0 Å². The Morgan fingerprint density at radius 1 is 1.40 bits per heavy atom. The Hall–Kier alpha value is -1.76. The number of aliphatic hydroxyl groups excluding tert-OH is 1. The van der Waals surface area contributed by atoms with E-state index in [1.165, 1.54) is 16.1 Å². The van der Waals surface area contributed by atoms with Gasteiger partial charge < -0.3 is 10.0 Å². The molecule has 0 saturated heterocycles. The fourth-order valence-corrected chi connectivity index (χ4v) is 3.52. The molecule has 0 saturated carbocycles. The van der Waals surface area contributed by atoms with Crippen molar-refractivity contribution < 1.29 is 5.11 Å². The maximum absolute atomic E-state index is 8.73. The molecule has 1 N–H and O–H groups in total. The van der Waals surface area contributed by atoms with Gasteiger partial charge in [0.15, 0.2) is 0 Å². The molecular formula is C17H17NOS. The molecule has 0 aliphatic carbocycles. The molecule has 3 heteroatoms. The number of rotatable bonds is 2. The van der Waals surface area contributed by atoms with Crippen molar-refractivity contribution in [2.24, 2.45) is 0 Å². The van der Waals surface area contributed by atoms with Gasteiger partial charge in [0.1, 0.15) is 6.61 Å². The average Bonchev–Trinajstić information content (AvgIpc) is 3.02. The molecule has 3 rings (SSSR count). The Morgan fingerprint density at radius 3 is 3.10 bits per heavy atom. The number of fused-ring (bicyclic) bond motifs is 1. The molecule has 0 fully saturated rings. The predicted molar refractivity (Wildman–Crippen MR) is 84.1 cm³/mol. The Morgan fingerprint density at radius 2 is 2.25 bits per heavy atom. The van der Waals surface area contributed by atoms with Gasteiger partial charge in [-0.15, -0.1) is 11.3 Å². The van der Waals surface area contributed by atoms with Gasteiger partial charge in [0.05, 0.1) is 6.54 Å². The van der Waals surface area contributed by atoms with Gasteiger partial charge >= 0.3 is 0 Å². The maximum Gasteiger partial charge on any atom is 0.104 e. The molecule has 2 nitrogen and oxygen atoms in total. The third-order valence-electron chi connectivity index (χ3n) is 3.64. The van der Waals surface area contributed by atoms with Crippen molar-refractivity contribution in [1.82, 2.24) is 0 Å². The van der Waals surface area contributed by atoms with Crippen molar-refractivity contribution in [1.29, 1.82) is 0 Å². The molecule has 1 aliphatic rings. The number of benzene rings is 1. The van der Waals surface area contributed by atoms with Crippen LogP contribution in [0.4, 0.5) is 5.69 Å². The molecule has 2 heterocycles. The number of hydrogen-bond acceptors (Lipinski definition) is 3. The first kappa shape index (κ1) is 13.2. The van der Waals surface area contributed by atoms with Crippen LogP contribution in [0.25, 0.3) is 0 Å². The summed E-state index contributed by atoms with van der Waals surface area (Å²) < 4.78 is 0. The third kappa shape index (κ3) is 2.58. The zero-order valence-electron chi connectivity index (χ0n) is 11.5. The average molecular weight is 283 g/mol. The summed E-state index contributed by atoms with van der Waals surface area (Å²) in [5.41, 5.74) is 3.80. The first-order chi connectivity index (χ1) is 9.78. The molecule has 1 aromatic carbocycles. The quantitative estimate of drug-likeness (QED) is 0.856. The lowest BCUT2D eigenvalue weighted by Gasteiger charge is -2.24. The van der Waals surface area contributed by atoms with E-state index in [4.69, 9.17) is 5.11 Å². The van der Waals surface area contributed by atoms with Gasteiger partial charge in [-0.25, -0.2) is 0 Å². The molecule has 0 radical (unpaired) electrons. The summed E-state index contributed by atoms with van der Waals surface area (Å²) in [5, 5.41) is 10.8. The van der Waals surface area contributed by atoms with Gasteiger partial charge in [0, 0.05) is 27.5 Å². The monoisotopic (exact) mass is 283 g/mol. The summed E-state index contributed by atoms with van der Waals surface area (Å²) in [5.74, 6) is 5.66. The zero-order valence-corrected chi connectivity index (χ0v) is 12.3. The van der Waals surface area contributed by atoms with Crippen molar-refractivity contribution in [2.75, 3.05) is 11.5 Å². The van der Waals surface area contributed by atoms with Crippen LogP contribution in [-0.2, 0) is 13.0 Å². The lowest BCUT2D eigenvalue weighted by molar-refractivity contribution is 0.350.